The third-order valence-corrected chi connectivity index (χ3v) is 5.30. The van der Waals surface area contributed by atoms with Gasteiger partial charge < -0.3 is 19.0 Å². The van der Waals surface area contributed by atoms with Crippen molar-refractivity contribution in [3.63, 3.8) is 0 Å². The SMILES string of the molecule is COc1ccc2cc(CN(Cc3ccco3)C(=O)c3cccs3)c(=O)[nH]c2c1. The highest BCUT2D eigenvalue weighted by Gasteiger charge is 2.20. The number of fused-ring (bicyclic) bond motifs is 1. The number of hydrogen-bond acceptors (Lipinski definition) is 5. The van der Waals surface area contributed by atoms with E-state index in [9.17, 15) is 9.59 Å². The highest BCUT2D eigenvalue weighted by atomic mass is 32.1. The second-order valence-corrected chi connectivity index (χ2v) is 7.24. The Morgan fingerprint density at radius 1 is 1.18 bits per heavy atom. The molecule has 28 heavy (non-hydrogen) atoms. The number of nitrogens with zero attached hydrogens (tertiary/aromatic N) is 1. The van der Waals surface area contributed by atoms with Gasteiger partial charge in [0.2, 0.25) is 0 Å². The predicted octanol–water partition coefficient (Wildman–Crippen LogP) is 4.03. The standard InChI is InChI=1S/C21H18N2O4S/c1-26-16-7-6-14-10-15(20(24)22-18(14)11-16)12-23(13-17-4-2-8-27-17)21(25)19-5-3-9-28-19/h2-11H,12-13H2,1H3,(H,22,24). The maximum atomic E-state index is 13.0. The number of pyridine rings is 1. The van der Waals surface area contributed by atoms with Gasteiger partial charge in [0, 0.05) is 11.6 Å². The van der Waals surface area contributed by atoms with E-state index in [1.807, 2.05) is 35.7 Å². The van der Waals surface area contributed by atoms with Gasteiger partial charge in [-0.2, -0.15) is 0 Å². The first-order chi connectivity index (χ1) is 13.6. The van der Waals surface area contributed by atoms with Crippen LogP contribution in [0, 0.1) is 0 Å². The van der Waals surface area contributed by atoms with E-state index in [4.69, 9.17) is 9.15 Å². The van der Waals surface area contributed by atoms with Crippen LogP contribution in [0.2, 0.25) is 0 Å². The van der Waals surface area contributed by atoms with Crippen LogP contribution in [0.4, 0.5) is 0 Å². The summed E-state index contributed by atoms with van der Waals surface area (Å²) in [5.74, 6) is 1.19. The van der Waals surface area contributed by atoms with E-state index in [1.165, 1.54) is 11.3 Å². The summed E-state index contributed by atoms with van der Waals surface area (Å²) in [5.41, 5.74) is 0.966. The summed E-state index contributed by atoms with van der Waals surface area (Å²) in [4.78, 5) is 30.7. The molecule has 0 fully saturated rings. The monoisotopic (exact) mass is 394 g/mol. The number of furan rings is 1. The van der Waals surface area contributed by atoms with Crippen molar-refractivity contribution in [1.82, 2.24) is 9.88 Å². The molecule has 3 heterocycles. The fourth-order valence-corrected chi connectivity index (χ4v) is 3.71. The number of methoxy groups -OCH3 is 1. The molecule has 4 rings (SSSR count). The van der Waals surface area contributed by atoms with E-state index in [2.05, 4.69) is 4.98 Å². The molecule has 0 aliphatic heterocycles. The van der Waals surface area contributed by atoms with Crippen LogP contribution >= 0.6 is 11.3 Å². The van der Waals surface area contributed by atoms with Gasteiger partial charge in [-0.3, -0.25) is 9.59 Å². The molecular weight excluding hydrogens is 376 g/mol. The molecule has 0 saturated heterocycles. The van der Waals surface area contributed by atoms with Gasteiger partial charge >= 0.3 is 0 Å². The second-order valence-electron chi connectivity index (χ2n) is 6.29. The molecule has 0 aliphatic rings. The van der Waals surface area contributed by atoms with Gasteiger partial charge in [0.15, 0.2) is 0 Å². The lowest BCUT2D eigenvalue weighted by molar-refractivity contribution is 0.0722. The summed E-state index contributed by atoms with van der Waals surface area (Å²) in [6, 6.07) is 14.5. The van der Waals surface area contributed by atoms with E-state index in [1.54, 1.807) is 36.5 Å². The molecular formula is C21H18N2O4S. The van der Waals surface area contributed by atoms with Gasteiger partial charge in [-0.15, -0.1) is 11.3 Å². The Morgan fingerprint density at radius 2 is 2.07 bits per heavy atom. The van der Waals surface area contributed by atoms with Crippen LogP contribution in [-0.2, 0) is 13.1 Å². The summed E-state index contributed by atoms with van der Waals surface area (Å²) >= 11 is 1.37. The van der Waals surface area contributed by atoms with Crippen LogP contribution in [0.3, 0.4) is 0 Å². The number of benzene rings is 1. The zero-order chi connectivity index (χ0) is 19.5. The van der Waals surface area contributed by atoms with Gasteiger partial charge in [0.05, 0.1) is 36.9 Å². The number of amides is 1. The number of aromatic nitrogens is 1. The third-order valence-electron chi connectivity index (χ3n) is 4.44. The Hall–Kier alpha value is -3.32. The molecule has 0 atom stereocenters. The van der Waals surface area contributed by atoms with Crippen LogP contribution < -0.4 is 10.3 Å². The Kier molecular flexibility index (Phi) is 4.99. The maximum absolute atomic E-state index is 13.0. The van der Waals surface area contributed by atoms with Gasteiger partial charge in [0.1, 0.15) is 11.5 Å². The Labute approximate surface area is 165 Å². The van der Waals surface area contributed by atoms with Crippen LogP contribution in [0.5, 0.6) is 5.75 Å². The summed E-state index contributed by atoms with van der Waals surface area (Å²) in [5, 5.41) is 2.73. The molecule has 7 heteroatoms. The minimum atomic E-state index is -0.232. The molecule has 0 unspecified atom stereocenters. The minimum Gasteiger partial charge on any atom is -0.497 e. The Bertz CT molecular complexity index is 1150. The van der Waals surface area contributed by atoms with Crippen LogP contribution in [0.15, 0.2) is 69.4 Å². The number of carbonyl (C=O) groups excluding carboxylic acids is 1. The number of ether oxygens (including phenoxy) is 1. The summed E-state index contributed by atoms with van der Waals surface area (Å²) in [6.07, 6.45) is 1.57. The van der Waals surface area contributed by atoms with Gasteiger partial charge in [-0.1, -0.05) is 6.07 Å². The average Bonchev–Trinajstić information content (AvgIpc) is 3.41. The van der Waals surface area contributed by atoms with Crippen molar-refractivity contribution < 1.29 is 13.9 Å². The highest BCUT2D eigenvalue weighted by molar-refractivity contribution is 7.12. The van der Waals surface area contributed by atoms with E-state index < -0.39 is 0 Å². The lowest BCUT2D eigenvalue weighted by atomic mass is 10.1. The summed E-state index contributed by atoms with van der Waals surface area (Å²) in [6.45, 7) is 0.457. The Morgan fingerprint density at radius 3 is 2.79 bits per heavy atom. The van der Waals surface area contributed by atoms with Crippen molar-refractivity contribution in [3.8, 4) is 5.75 Å². The molecule has 0 spiro atoms. The van der Waals surface area contributed by atoms with E-state index in [0.29, 0.717) is 27.5 Å². The number of carbonyl (C=O) groups is 1. The smallest absolute Gasteiger partial charge is 0.264 e. The number of H-pyrrole nitrogens is 1. The lowest BCUT2D eigenvalue weighted by Crippen LogP contribution is -2.32. The van der Waals surface area contributed by atoms with Crippen LogP contribution in [-0.4, -0.2) is 22.9 Å². The van der Waals surface area contributed by atoms with Crippen molar-refractivity contribution in [2.45, 2.75) is 13.1 Å². The summed E-state index contributed by atoms with van der Waals surface area (Å²) in [7, 11) is 1.58. The van der Waals surface area contributed by atoms with Gasteiger partial charge in [0.25, 0.3) is 11.5 Å². The molecule has 0 aliphatic carbocycles. The minimum absolute atomic E-state index is 0.138. The molecule has 6 nitrogen and oxygen atoms in total. The maximum Gasteiger partial charge on any atom is 0.264 e. The zero-order valence-electron chi connectivity index (χ0n) is 15.2. The first-order valence-electron chi connectivity index (χ1n) is 8.69. The fourth-order valence-electron chi connectivity index (χ4n) is 3.02. The molecule has 4 aromatic rings. The highest BCUT2D eigenvalue weighted by Crippen LogP contribution is 2.21. The van der Waals surface area contributed by atoms with Gasteiger partial charge in [-0.05, 0) is 47.2 Å². The normalized spacial score (nSPS) is 10.9. The number of hydrogen-bond donors (Lipinski definition) is 1. The largest absolute Gasteiger partial charge is 0.497 e. The van der Waals surface area contributed by atoms with Crippen LogP contribution in [0.1, 0.15) is 21.0 Å². The van der Waals surface area contributed by atoms with Crippen molar-refractivity contribution >= 4 is 28.1 Å². The first-order valence-corrected chi connectivity index (χ1v) is 9.57. The predicted molar refractivity (Wildman–Crippen MR) is 108 cm³/mol. The fraction of sp³-hybridized carbons (Fsp3) is 0.143. The van der Waals surface area contributed by atoms with Crippen LogP contribution in [0.25, 0.3) is 10.9 Å². The van der Waals surface area contributed by atoms with E-state index in [-0.39, 0.29) is 24.6 Å². The van der Waals surface area contributed by atoms with Crippen molar-refractivity contribution in [2.75, 3.05) is 7.11 Å². The van der Waals surface area contributed by atoms with E-state index in [0.717, 1.165) is 5.39 Å². The molecule has 3 aromatic heterocycles. The average molecular weight is 394 g/mol. The van der Waals surface area contributed by atoms with Gasteiger partial charge in [-0.25, -0.2) is 0 Å². The van der Waals surface area contributed by atoms with E-state index >= 15 is 0 Å². The number of thiophene rings is 1. The molecule has 142 valence electrons. The van der Waals surface area contributed by atoms with Crippen molar-refractivity contribution in [2.24, 2.45) is 0 Å². The molecule has 0 bridgehead atoms. The number of nitrogens with one attached hydrogen (secondary N) is 1. The molecule has 0 radical (unpaired) electrons. The second kappa shape index (κ2) is 7.74. The third kappa shape index (κ3) is 3.70. The molecule has 1 N–H and O–H groups in total. The number of rotatable bonds is 6. The van der Waals surface area contributed by atoms with Crippen molar-refractivity contribution in [3.05, 3.63) is 86.7 Å². The first kappa shape index (κ1) is 18.1. The zero-order valence-corrected chi connectivity index (χ0v) is 16.0. The molecule has 1 amide bonds. The topological polar surface area (TPSA) is 75.5 Å². The van der Waals surface area contributed by atoms with Crippen molar-refractivity contribution in [1.29, 1.82) is 0 Å². The Balaban J connectivity index is 1.68. The number of aromatic amines is 1. The molecule has 0 saturated carbocycles. The summed E-state index contributed by atoms with van der Waals surface area (Å²) < 4.78 is 10.6. The quantitative estimate of drug-likeness (QED) is 0.536. The molecule has 1 aromatic carbocycles. The lowest BCUT2D eigenvalue weighted by Gasteiger charge is -2.21.